The summed E-state index contributed by atoms with van der Waals surface area (Å²) in [6.45, 7) is 2.95. The van der Waals surface area contributed by atoms with Crippen molar-refractivity contribution in [1.29, 1.82) is 0 Å². The molecule has 0 aliphatic rings. The first kappa shape index (κ1) is 28.8. The minimum Gasteiger partial charge on any atom is -0.494 e. The number of rotatable bonds is 16. The number of fused-ring (bicyclic) bond motifs is 1. The van der Waals surface area contributed by atoms with Gasteiger partial charge in [-0.2, -0.15) is 5.10 Å². The highest BCUT2D eigenvalue weighted by Crippen LogP contribution is 2.30. The molecule has 4 rings (SSSR count). The Morgan fingerprint density at radius 1 is 0.975 bits per heavy atom. The molecule has 1 atom stereocenters. The summed E-state index contributed by atoms with van der Waals surface area (Å²) in [5, 5.41) is 11.7. The number of ether oxygens (including phenoxy) is 2. The zero-order valence-electron chi connectivity index (χ0n) is 23.3. The molecule has 40 heavy (non-hydrogen) atoms. The molecule has 2 N–H and O–H groups in total. The molecule has 0 saturated heterocycles. The number of aldehydes is 1. The van der Waals surface area contributed by atoms with Gasteiger partial charge in [-0.1, -0.05) is 42.5 Å². The van der Waals surface area contributed by atoms with Crippen LogP contribution in [0.4, 0.5) is 0 Å². The average molecular weight is 543 g/mol. The summed E-state index contributed by atoms with van der Waals surface area (Å²) in [5.41, 5.74) is 3.87. The summed E-state index contributed by atoms with van der Waals surface area (Å²) in [4.78, 5) is 23.4. The van der Waals surface area contributed by atoms with Crippen LogP contribution in [0, 0.1) is 0 Å². The number of benzene rings is 3. The maximum absolute atomic E-state index is 12.5. The van der Waals surface area contributed by atoms with Crippen molar-refractivity contribution < 1.29 is 19.1 Å². The Bertz CT molecular complexity index is 1370. The lowest BCUT2D eigenvalue weighted by atomic mass is 9.96. The van der Waals surface area contributed by atoms with Gasteiger partial charge >= 0.3 is 0 Å². The summed E-state index contributed by atoms with van der Waals surface area (Å²) < 4.78 is 13.6. The van der Waals surface area contributed by atoms with Gasteiger partial charge < -0.3 is 24.9 Å². The molecule has 0 radical (unpaired) electrons. The van der Waals surface area contributed by atoms with E-state index in [4.69, 9.17) is 9.47 Å². The van der Waals surface area contributed by atoms with E-state index in [1.165, 1.54) is 5.56 Å². The van der Waals surface area contributed by atoms with Gasteiger partial charge in [0.2, 0.25) is 5.91 Å². The molecule has 4 aromatic rings. The summed E-state index contributed by atoms with van der Waals surface area (Å²) in [6.07, 6.45) is 3.63. The quantitative estimate of drug-likeness (QED) is 0.154. The highest BCUT2D eigenvalue weighted by atomic mass is 16.5. The maximum Gasteiger partial charge on any atom is 0.228 e. The Morgan fingerprint density at radius 3 is 2.50 bits per heavy atom. The second-order valence-electron chi connectivity index (χ2n) is 9.75. The molecule has 1 aromatic heterocycles. The van der Waals surface area contributed by atoms with E-state index >= 15 is 0 Å². The number of nitrogens with zero attached hydrogens (tertiary/aromatic N) is 2. The predicted octanol–water partition coefficient (Wildman–Crippen LogP) is 4.91. The molecule has 210 valence electrons. The largest absolute Gasteiger partial charge is 0.494 e. The molecule has 1 heterocycles. The number of unbranched alkanes of at least 4 members (excludes halogenated alkanes) is 1. The van der Waals surface area contributed by atoms with E-state index in [2.05, 4.69) is 40.0 Å². The molecule has 0 aliphatic carbocycles. The fourth-order valence-electron chi connectivity index (χ4n) is 4.62. The Balaban J connectivity index is 1.24. The van der Waals surface area contributed by atoms with Gasteiger partial charge in [0, 0.05) is 38.5 Å². The molecule has 0 saturated carbocycles. The molecule has 8 nitrogen and oxygen atoms in total. The Morgan fingerprint density at radius 2 is 1.75 bits per heavy atom. The molecule has 0 bridgehead atoms. The van der Waals surface area contributed by atoms with Crippen LogP contribution >= 0.6 is 0 Å². The van der Waals surface area contributed by atoms with Crippen molar-refractivity contribution in [3.05, 3.63) is 89.6 Å². The van der Waals surface area contributed by atoms with E-state index in [9.17, 15) is 9.59 Å². The maximum atomic E-state index is 12.5. The minimum absolute atomic E-state index is 0.144. The number of likely N-dealkylation sites (N-methyl/N-ethyl adjacent to an activating group) is 1. The number of aromatic nitrogens is 2. The zero-order chi connectivity index (χ0) is 28.2. The minimum atomic E-state index is -0.479. The second-order valence-corrected chi connectivity index (χ2v) is 9.75. The van der Waals surface area contributed by atoms with Gasteiger partial charge in [0.15, 0.2) is 0 Å². The van der Waals surface area contributed by atoms with Gasteiger partial charge in [0.05, 0.1) is 23.7 Å². The standard InChI is InChI=1S/C32H38N4O4/c1-33-32(38)29(11-8-19-37)31-28-17-16-27(21-30(28)36(2)35-31)40-23-25-14-12-24(13-15-25)22-34-18-6-7-20-39-26-9-4-3-5-10-26/h3-5,9-10,12-17,19,21,29,34H,6-8,11,18,20,22-23H2,1-2H3,(H,33,38). The van der Waals surface area contributed by atoms with Crippen LogP contribution in [0.5, 0.6) is 11.5 Å². The van der Waals surface area contributed by atoms with Gasteiger partial charge in [-0.3, -0.25) is 9.48 Å². The molecular formula is C32H38N4O4. The van der Waals surface area contributed by atoms with Crippen molar-refractivity contribution in [2.24, 2.45) is 7.05 Å². The van der Waals surface area contributed by atoms with E-state index in [0.717, 1.165) is 66.8 Å². The van der Waals surface area contributed by atoms with Crippen LogP contribution < -0.4 is 20.1 Å². The van der Waals surface area contributed by atoms with Crippen LogP contribution in [-0.4, -0.2) is 42.2 Å². The third-order valence-electron chi connectivity index (χ3n) is 6.84. The van der Waals surface area contributed by atoms with E-state index in [1.807, 2.05) is 55.6 Å². The molecule has 0 aliphatic heterocycles. The Labute approximate surface area is 235 Å². The monoisotopic (exact) mass is 542 g/mol. The van der Waals surface area contributed by atoms with Crippen molar-refractivity contribution in [3.8, 4) is 11.5 Å². The number of nitrogens with one attached hydrogen (secondary N) is 2. The smallest absolute Gasteiger partial charge is 0.228 e. The van der Waals surface area contributed by atoms with Crippen LogP contribution in [0.15, 0.2) is 72.8 Å². The van der Waals surface area contributed by atoms with Crippen molar-refractivity contribution in [2.45, 2.75) is 44.8 Å². The van der Waals surface area contributed by atoms with E-state index in [-0.39, 0.29) is 5.91 Å². The molecule has 3 aromatic carbocycles. The van der Waals surface area contributed by atoms with Gasteiger partial charge in [0.1, 0.15) is 24.4 Å². The first-order chi connectivity index (χ1) is 19.6. The Hall–Kier alpha value is -4.17. The molecule has 8 heteroatoms. The normalized spacial score (nSPS) is 11.8. The summed E-state index contributed by atoms with van der Waals surface area (Å²) in [6, 6.07) is 24.1. The topological polar surface area (TPSA) is 94.5 Å². The lowest BCUT2D eigenvalue weighted by Crippen LogP contribution is -2.26. The van der Waals surface area contributed by atoms with Crippen molar-refractivity contribution in [2.75, 3.05) is 20.2 Å². The second kappa shape index (κ2) is 14.8. The van der Waals surface area contributed by atoms with Gasteiger partial charge in [0.25, 0.3) is 0 Å². The van der Waals surface area contributed by atoms with Crippen molar-refractivity contribution >= 4 is 23.1 Å². The van der Waals surface area contributed by atoms with Gasteiger partial charge in [-0.05, 0) is 61.2 Å². The summed E-state index contributed by atoms with van der Waals surface area (Å²) >= 11 is 0. The number of hydrogen-bond donors (Lipinski definition) is 2. The first-order valence-electron chi connectivity index (χ1n) is 13.8. The number of carbonyl (C=O) groups excluding carboxylic acids is 2. The first-order valence-corrected chi connectivity index (χ1v) is 13.8. The summed E-state index contributed by atoms with van der Waals surface area (Å²) in [7, 11) is 3.45. The van der Waals surface area contributed by atoms with Crippen molar-refractivity contribution in [1.82, 2.24) is 20.4 Å². The highest BCUT2D eigenvalue weighted by molar-refractivity contribution is 5.91. The fourth-order valence-corrected chi connectivity index (χ4v) is 4.62. The van der Waals surface area contributed by atoms with Gasteiger partial charge in [-0.25, -0.2) is 0 Å². The number of carbonyl (C=O) groups is 2. The van der Waals surface area contributed by atoms with Crippen LogP contribution in [0.1, 0.15) is 48.4 Å². The van der Waals surface area contributed by atoms with Crippen LogP contribution in [0.3, 0.4) is 0 Å². The number of amides is 1. The average Bonchev–Trinajstić information content (AvgIpc) is 3.31. The van der Waals surface area contributed by atoms with E-state index in [0.29, 0.717) is 25.1 Å². The molecule has 0 spiro atoms. The number of aryl methyl sites for hydroxylation is 1. The molecule has 1 unspecified atom stereocenters. The molecular weight excluding hydrogens is 504 g/mol. The number of para-hydroxylation sites is 1. The van der Waals surface area contributed by atoms with E-state index in [1.54, 1.807) is 11.7 Å². The van der Waals surface area contributed by atoms with Crippen LogP contribution in [0.2, 0.25) is 0 Å². The third-order valence-corrected chi connectivity index (χ3v) is 6.84. The Kier molecular flexibility index (Phi) is 10.7. The lowest BCUT2D eigenvalue weighted by molar-refractivity contribution is -0.122. The fraction of sp³-hybridized carbons (Fsp3) is 0.344. The van der Waals surface area contributed by atoms with Crippen LogP contribution in [-0.2, 0) is 29.8 Å². The highest BCUT2D eigenvalue weighted by Gasteiger charge is 2.25. The zero-order valence-corrected chi connectivity index (χ0v) is 23.3. The SMILES string of the molecule is CNC(=O)C(CCC=O)c1nn(C)c2cc(OCc3ccc(CNCCCCOc4ccccc4)cc3)ccc12. The van der Waals surface area contributed by atoms with Gasteiger partial charge in [-0.15, -0.1) is 0 Å². The molecule has 0 fully saturated rings. The van der Waals surface area contributed by atoms with Crippen LogP contribution in [0.25, 0.3) is 10.9 Å². The predicted molar refractivity (Wildman–Crippen MR) is 156 cm³/mol. The van der Waals surface area contributed by atoms with Crippen molar-refractivity contribution in [3.63, 3.8) is 0 Å². The lowest BCUT2D eigenvalue weighted by Gasteiger charge is -2.12. The summed E-state index contributed by atoms with van der Waals surface area (Å²) in [5.74, 6) is 1.03. The third kappa shape index (κ3) is 7.93. The molecule has 1 amide bonds. The number of hydrogen-bond acceptors (Lipinski definition) is 6. The van der Waals surface area contributed by atoms with E-state index < -0.39 is 5.92 Å².